The molecule has 4 aromatic rings. The zero-order valence-electron chi connectivity index (χ0n) is 30.8. The van der Waals surface area contributed by atoms with Crippen molar-refractivity contribution < 1.29 is 42.2 Å². The summed E-state index contributed by atoms with van der Waals surface area (Å²) in [6.07, 6.45) is -2.39. The number of rotatable bonds is 6. The number of carbonyl (C=O) groups is 4. The fourth-order valence-corrected chi connectivity index (χ4v) is 10.3. The maximum absolute atomic E-state index is 15.4. The van der Waals surface area contributed by atoms with Gasteiger partial charge in [0.25, 0.3) is 11.8 Å². The number of benzene rings is 3. The fraction of sp³-hybridized carbons (Fsp3) is 0.310. The number of carbonyl (C=O) groups excluding carboxylic acids is 4. The number of nitrogens with zero attached hydrogens (tertiary/aromatic N) is 4. The lowest BCUT2D eigenvalue weighted by Gasteiger charge is -2.50. The van der Waals surface area contributed by atoms with Crippen LogP contribution in [0.4, 0.5) is 30.4 Å². The Balaban J connectivity index is 1.17. The van der Waals surface area contributed by atoms with E-state index in [9.17, 15) is 32.7 Å². The first-order valence-corrected chi connectivity index (χ1v) is 20.0. The number of hydrogen-bond donors (Lipinski definition) is 2. The van der Waals surface area contributed by atoms with Gasteiger partial charge in [-0.25, -0.2) is 4.98 Å². The van der Waals surface area contributed by atoms with Crippen molar-refractivity contribution in [2.24, 2.45) is 23.7 Å². The molecule has 0 unspecified atom stereocenters. The number of hydrogen-bond acceptors (Lipinski definition) is 9. The minimum Gasteiger partial charge on any atom is -0.508 e. The van der Waals surface area contributed by atoms with Gasteiger partial charge in [0, 0.05) is 46.5 Å². The number of imide groups is 2. The largest absolute Gasteiger partial charge is 0.508 e. The normalized spacial score (nSPS) is 26.8. The van der Waals surface area contributed by atoms with Crippen molar-refractivity contribution >= 4 is 75.6 Å². The summed E-state index contributed by atoms with van der Waals surface area (Å²) in [5, 5.41) is 12.3. The first kappa shape index (κ1) is 39.3. The minimum absolute atomic E-state index is 0.0901. The van der Waals surface area contributed by atoms with Crippen LogP contribution in [0.25, 0.3) is 0 Å². The standard InChI is InChI=1S/C42H33Cl3F3N5O6/c43-23-3-1-21(2-4-23)41-31(38(56)53(40(41)58)50-36-32(45)17-22(20-49-36)42(46,47)48)19-29-27(35(41)30-18-24(44)5-12-33(30)54)10-11-28-34(29)39(57)52(37(28)55)26-8-6-25(7-9-26)51-13-15-59-16-14-51/h1-10,12,17-18,20,28-29,31,34-35,54H,11,13-16,19H2,(H,49,50)/t28-,29+,31-,34-,35+,41+/m0/s1. The highest BCUT2D eigenvalue weighted by molar-refractivity contribution is 6.33. The Morgan fingerprint density at radius 3 is 2.19 bits per heavy atom. The number of aromatic hydroxyl groups is 1. The van der Waals surface area contributed by atoms with Gasteiger partial charge in [-0.2, -0.15) is 18.2 Å². The molecule has 1 aromatic heterocycles. The quantitative estimate of drug-likeness (QED) is 0.147. The predicted octanol–water partition coefficient (Wildman–Crippen LogP) is 7.79. The number of halogens is 6. The number of fused-ring (bicyclic) bond motifs is 4. The third-order valence-electron chi connectivity index (χ3n) is 12.3. The Hall–Kier alpha value is -5.15. The fourth-order valence-electron chi connectivity index (χ4n) is 9.77. The highest BCUT2D eigenvalue weighted by Gasteiger charge is 2.70. The highest BCUT2D eigenvalue weighted by atomic mass is 35.5. The van der Waals surface area contributed by atoms with E-state index < -0.39 is 81.2 Å². The lowest BCUT2D eigenvalue weighted by molar-refractivity contribution is -0.139. The molecule has 304 valence electrons. The molecule has 2 N–H and O–H groups in total. The molecular formula is C42H33Cl3F3N5O6. The second kappa shape index (κ2) is 14.5. The Labute approximate surface area is 350 Å². The van der Waals surface area contributed by atoms with E-state index in [-0.39, 0.29) is 29.2 Å². The Bertz CT molecular complexity index is 2450. The molecule has 1 saturated carbocycles. The number of ether oxygens (including phenoxy) is 1. The van der Waals surface area contributed by atoms with Crippen LogP contribution in [0.15, 0.2) is 90.6 Å². The summed E-state index contributed by atoms with van der Waals surface area (Å²) in [6, 6.07) is 18.4. The number of amides is 4. The summed E-state index contributed by atoms with van der Waals surface area (Å²) in [5.74, 6) is -8.02. The second-order valence-electron chi connectivity index (χ2n) is 15.2. The lowest BCUT2D eigenvalue weighted by atomic mass is 9.49. The lowest BCUT2D eigenvalue weighted by Crippen LogP contribution is -2.53. The molecule has 5 aliphatic rings. The number of aromatic nitrogens is 1. The summed E-state index contributed by atoms with van der Waals surface area (Å²) < 4.78 is 46.0. The average molecular weight is 867 g/mol. The molecule has 3 aliphatic heterocycles. The first-order chi connectivity index (χ1) is 28.2. The van der Waals surface area contributed by atoms with Crippen LogP contribution < -0.4 is 15.2 Å². The van der Waals surface area contributed by atoms with Crippen LogP contribution in [0, 0.1) is 23.7 Å². The highest BCUT2D eigenvalue weighted by Crippen LogP contribution is 2.65. The summed E-state index contributed by atoms with van der Waals surface area (Å²) >= 11 is 19.2. The van der Waals surface area contributed by atoms with Gasteiger partial charge in [0.1, 0.15) is 5.75 Å². The number of phenolic OH excluding ortho intramolecular Hbond substituents is 1. The molecule has 3 saturated heterocycles. The first-order valence-electron chi connectivity index (χ1n) is 18.8. The van der Waals surface area contributed by atoms with Gasteiger partial charge < -0.3 is 14.7 Å². The van der Waals surface area contributed by atoms with Gasteiger partial charge in [0.05, 0.1) is 52.7 Å². The van der Waals surface area contributed by atoms with Crippen LogP contribution >= 0.6 is 34.8 Å². The van der Waals surface area contributed by atoms with Gasteiger partial charge in [0.2, 0.25) is 11.8 Å². The van der Waals surface area contributed by atoms with Crippen molar-refractivity contribution in [1.82, 2.24) is 9.99 Å². The molecule has 4 amide bonds. The topological polar surface area (TPSA) is 132 Å². The smallest absolute Gasteiger partial charge is 0.417 e. The Kier molecular flexibility index (Phi) is 9.69. The van der Waals surface area contributed by atoms with Crippen molar-refractivity contribution in [3.63, 3.8) is 0 Å². The number of morpholine rings is 1. The van der Waals surface area contributed by atoms with Gasteiger partial charge in [-0.05, 0) is 85.0 Å². The average Bonchev–Trinajstić information content (AvgIpc) is 3.60. The minimum atomic E-state index is -4.77. The molecule has 3 aromatic carbocycles. The van der Waals surface area contributed by atoms with E-state index in [0.717, 1.165) is 5.69 Å². The van der Waals surface area contributed by atoms with Gasteiger partial charge in [0.15, 0.2) is 5.82 Å². The van der Waals surface area contributed by atoms with Crippen molar-refractivity contribution in [2.45, 2.75) is 30.4 Å². The molecule has 2 aliphatic carbocycles. The van der Waals surface area contributed by atoms with E-state index in [2.05, 4.69) is 15.3 Å². The SMILES string of the molecule is O=C1[C@@H]2C[C@@H]3C(=CC[C@@H]4C(=O)N(c5ccc(N6CCOCC6)cc5)C(=O)[C@@H]43)[C@H](c3cc(Cl)ccc3O)[C@]2(c2ccc(Cl)cc2)C(=O)N1Nc1ncc(C(F)(F)F)cc1Cl. The molecular weight excluding hydrogens is 834 g/mol. The van der Waals surface area contributed by atoms with Gasteiger partial charge in [-0.15, -0.1) is 0 Å². The number of phenols is 1. The van der Waals surface area contributed by atoms with Gasteiger partial charge >= 0.3 is 6.18 Å². The number of alkyl halides is 3. The molecule has 0 radical (unpaired) electrons. The van der Waals surface area contributed by atoms with Gasteiger partial charge in [-0.3, -0.25) is 29.5 Å². The molecule has 4 heterocycles. The molecule has 11 nitrogen and oxygen atoms in total. The van der Waals surface area contributed by atoms with Crippen molar-refractivity contribution in [2.75, 3.05) is 41.5 Å². The van der Waals surface area contributed by atoms with Crippen LogP contribution in [-0.2, 0) is 35.5 Å². The number of pyridine rings is 1. The van der Waals surface area contributed by atoms with Gasteiger partial charge in [-0.1, -0.05) is 58.6 Å². The van der Waals surface area contributed by atoms with Crippen LogP contribution in [0.3, 0.4) is 0 Å². The number of hydrazine groups is 1. The van der Waals surface area contributed by atoms with E-state index >= 15 is 4.79 Å². The second-order valence-corrected chi connectivity index (χ2v) is 16.5. The van der Waals surface area contributed by atoms with E-state index in [1.54, 1.807) is 36.4 Å². The molecule has 6 atom stereocenters. The van der Waals surface area contributed by atoms with Crippen LogP contribution in [-0.4, -0.2) is 65.0 Å². The summed E-state index contributed by atoms with van der Waals surface area (Å²) in [7, 11) is 0. The monoisotopic (exact) mass is 865 g/mol. The molecule has 17 heteroatoms. The molecule has 4 fully saturated rings. The molecule has 9 rings (SSSR count). The zero-order valence-corrected chi connectivity index (χ0v) is 33.0. The predicted molar refractivity (Wildman–Crippen MR) is 212 cm³/mol. The maximum atomic E-state index is 15.4. The molecule has 0 bridgehead atoms. The van der Waals surface area contributed by atoms with Crippen LogP contribution in [0.2, 0.25) is 15.1 Å². The Morgan fingerprint density at radius 2 is 1.51 bits per heavy atom. The van der Waals surface area contributed by atoms with Crippen LogP contribution in [0.1, 0.15) is 35.4 Å². The van der Waals surface area contributed by atoms with Crippen molar-refractivity contribution in [1.29, 1.82) is 0 Å². The number of allylic oxidation sites excluding steroid dienone is 2. The third kappa shape index (κ3) is 6.25. The van der Waals surface area contributed by atoms with E-state index in [4.69, 9.17) is 39.5 Å². The maximum Gasteiger partial charge on any atom is 0.417 e. The van der Waals surface area contributed by atoms with Crippen molar-refractivity contribution in [3.05, 3.63) is 122 Å². The van der Waals surface area contributed by atoms with E-state index in [1.807, 2.05) is 18.2 Å². The molecule has 59 heavy (non-hydrogen) atoms. The number of anilines is 3. The summed E-state index contributed by atoms with van der Waals surface area (Å²) in [6.45, 7) is 2.57. The third-order valence-corrected chi connectivity index (χ3v) is 13.1. The summed E-state index contributed by atoms with van der Waals surface area (Å²) in [5.41, 5.74) is 2.00. The summed E-state index contributed by atoms with van der Waals surface area (Å²) in [4.78, 5) is 66.4. The Morgan fingerprint density at radius 1 is 0.831 bits per heavy atom. The molecule has 0 spiro atoms. The van der Waals surface area contributed by atoms with Crippen molar-refractivity contribution in [3.8, 4) is 5.75 Å². The van der Waals surface area contributed by atoms with E-state index in [0.29, 0.717) is 65.4 Å². The number of nitrogens with one attached hydrogen (secondary N) is 1. The zero-order chi connectivity index (χ0) is 41.5. The van der Waals surface area contributed by atoms with E-state index in [1.165, 1.54) is 23.1 Å². The van der Waals surface area contributed by atoms with Crippen LogP contribution in [0.5, 0.6) is 5.75 Å².